The average Bonchev–Trinajstić information content (AvgIpc) is 2.37. The molecular formula is C13H23N3O2S. The summed E-state index contributed by atoms with van der Waals surface area (Å²) < 4.78 is 26.9. The van der Waals surface area contributed by atoms with Crippen LogP contribution in [0.1, 0.15) is 40.0 Å². The SMILES string of the molecule is CCCCC(C)NS(=O)(=O)c1ccc(NCC)nc1. The summed E-state index contributed by atoms with van der Waals surface area (Å²) in [5, 5.41) is 3.03. The Kier molecular flexibility index (Phi) is 6.24. The number of hydrogen-bond acceptors (Lipinski definition) is 4. The summed E-state index contributed by atoms with van der Waals surface area (Å²) in [6, 6.07) is 3.19. The van der Waals surface area contributed by atoms with Crippen LogP contribution in [0.2, 0.25) is 0 Å². The van der Waals surface area contributed by atoms with Crippen LogP contribution in [0.25, 0.3) is 0 Å². The van der Waals surface area contributed by atoms with Crippen molar-refractivity contribution < 1.29 is 8.42 Å². The Morgan fingerprint density at radius 1 is 1.32 bits per heavy atom. The minimum absolute atomic E-state index is 0.0570. The molecule has 1 rings (SSSR count). The highest BCUT2D eigenvalue weighted by Gasteiger charge is 2.17. The fourth-order valence-electron chi connectivity index (χ4n) is 1.73. The molecule has 0 aliphatic heterocycles. The molecular weight excluding hydrogens is 262 g/mol. The third kappa shape index (κ3) is 5.16. The van der Waals surface area contributed by atoms with Gasteiger partial charge in [0.25, 0.3) is 0 Å². The Labute approximate surface area is 115 Å². The molecule has 0 saturated heterocycles. The van der Waals surface area contributed by atoms with Crippen LogP contribution in [0, 0.1) is 0 Å². The molecule has 5 nitrogen and oxygen atoms in total. The molecule has 108 valence electrons. The van der Waals surface area contributed by atoms with Crippen LogP contribution >= 0.6 is 0 Å². The van der Waals surface area contributed by atoms with Crippen molar-refractivity contribution >= 4 is 15.8 Å². The van der Waals surface area contributed by atoms with Crippen molar-refractivity contribution in [2.75, 3.05) is 11.9 Å². The Morgan fingerprint density at radius 2 is 2.05 bits per heavy atom. The van der Waals surface area contributed by atoms with Crippen LogP contribution in [-0.2, 0) is 10.0 Å². The molecule has 0 radical (unpaired) electrons. The minimum atomic E-state index is -3.46. The topological polar surface area (TPSA) is 71.1 Å². The van der Waals surface area contributed by atoms with E-state index in [2.05, 4.69) is 21.9 Å². The van der Waals surface area contributed by atoms with Gasteiger partial charge in [-0.1, -0.05) is 19.8 Å². The van der Waals surface area contributed by atoms with Crippen molar-refractivity contribution in [1.82, 2.24) is 9.71 Å². The summed E-state index contributed by atoms with van der Waals surface area (Å²) in [6.07, 6.45) is 4.30. The van der Waals surface area contributed by atoms with E-state index in [-0.39, 0.29) is 10.9 Å². The highest BCUT2D eigenvalue weighted by molar-refractivity contribution is 7.89. The maximum atomic E-state index is 12.1. The maximum Gasteiger partial charge on any atom is 0.242 e. The molecule has 6 heteroatoms. The van der Waals surface area contributed by atoms with Gasteiger partial charge in [-0.3, -0.25) is 0 Å². The maximum absolute atomic E-state index is 12.1. The lowest BCUT2D eigenvalue weighted by atomic mass is 10.2. The number of hydrogen-bond donors (Lipinski definition) is 2. The van der Waals surface area contributed by atoms with E-state index >= 15 is 0 Å². The predicted octanol–water partition coefficient (Wildman–Crippen LogP) is 2.37. The number of aromatic nitrogens is 1. The largest absolute Gasteiger partial charge is 0.370 e. The molecule has 0 amide bonds. The molecule has 0 saturated carbocycles. The van der Waals surface area contributed by atoms with Crippen LogP contribution < -0.4 is 10.0 Å². The lowest BCUT2D eigenvalue weighted by molar-refractivity contribution is 0.534. The Morgan fingerprint density at radius 3 is 2.58 bits per heavy atom. The van der Waals surface area contributed by atoms with Crippen molar-refractivity contribution in [3.63, 3.8) is 0 Å². The van der Waals surface area contributed by atoms with Crippen molar-refractivity contribution in [1.29, 1.82) is 0 Å². The third-order valence-corrected chi connectivity index (χ3v) is 4.33. The molecule has 1 heterocycles. The molecule has 1 aromatic heterocycles. The average molecular weight is 285 g/mol. The van der Waals surface area contributed by atoms with Crippen molar-refractivity contribution in [3.05, 3.63) is 18.3 Å². The number of pyridine rings is 1. The zero-order valence-electron chi connectivity index (χ0n) is 11.8. The number of rotatable bonds is 8. The molecule has 0 aliphatic rings. The lowest BCUT2D eigenvalue weighted by Crippen LogP contribution is -2.32. The van der Waals surface area contributed by atoms with Gasteiger partial charge in [0.05, 0.1) is 0 Å². The van der Waals surface area contributed by atoms with Gasteiger partial charge in [-0.15, -0.1) is 0 Å². The lowest BCUT2D eigenvalue weighted by Gasteiger charge is -2.13. The zero-order chi connectivity index (χ0) is 14.3. The number of nitrogens with zero attached hydrogens (tertiary/aromatic N) is 1. The van der Waals surface area contributed by atoms with Gasteiger partial charge in [0.15, 0.2) is 0 Å². The van der Waals surface area contributed by atoms with Gasteiger partial charge in [0.2, 0.25) is 10.0 Å². The normalized spacial score (nSPS) is 13.2. The number of sulfonamides is 1. The first-order valence-electron chi connectivity index (χ1n) is 6.71. The molecule has 0 spiro atoms. The second kappa shape index (κ2) is 7.45. The van der Waals surface area contributed by atoms with Crippen molar-refractivity contribution in [2.45, 2.75) is 51.0 Å². The predicted molar refractivity (Wildman–Crippen MR) is 77.7 cm³/mol. The summed E-state index contributed by atoms with van der Waals surface area (Å²) in [6.45, 7) is 6.69. The summed E-state index contributed by atoms with van der Waals surface area (Å²) in [5.41, 5.74) is 0. The highest BCUT2D eigenvalue weighted by Crippen LogP contribution is 2.12. The fraction of sp³-hybridized carbons (Fsp3) is 0.615. The van der Waals surface area contributed by atoms with Gasteiger partial charge in [-0.2, -0.15) is 0 Å². The van der Waals surface area contributed by atoms with Gasteiger partial charge < -0.3 is 5.32 Å². The van der Waals surface area contributed by atoms with Crippen LogP contribution in [0.4, 0.5) is 5.82 Å². The van der Waals surface area contributed by atoms with Gasteiger partial charge in [0.1, 0.15) is 10.7 Å². The van der Waals surface area contributed by atoms with Crippen LogP contribution in [0.3, 0.4) is 0 Å². The first kappa shape index (κ1) is 15.9. The van der Waals surface area contributed by atoms with Gasteiger partial charge in [-0.05, 0) is 32.4 Å². The summed E-state index contributed by atoms with van der Waals surface area (Å²) in [5.74, 6) is 0.681. The van der Waals surface area contributed by atoms with E-state index in [1.54, 1.807) is 12.1 Å². The van der Waals surface area contributed by atoms with Gasteiger partial charge >= 0.3 is 0 Å². The van der Waals surface area contributed by atoms with E-state index in [4.69, 9.17) is 0 Å². The Hall–Kier alpha value is -1.14. The van der Waals surface area contributed by atoms with Crippen molar-refractivity contribution in [2.24, 2.45) is 0 Å². The van der Waals surface area contributed by atoms with E-state index in [0.29, 0.717) is 5.82 Å². The molecule has 1 atom stereocenters. The van der Waals surface area contributed by atoms with Crippen LogP contribution in [0.5, 0.6) is 0 Å². The monoisotopic (exact) mass is 285 g/mol. The van der Waals surface area contributed by atoms with E-state index in [0.717, 1.165) is 25.8 Å². The summed E-state index contributed by atoms with van der Waals surface area (Å²) >= 11 is 0. The number of unbranched alkanes of at least 4 members (excludes halogenated alkanes) is 1. The summed E-state index contributed by atoms with van der Waals surface area (Å²) in [4.78, 5) is 4.28. The molecule has 1 unspecified atom stereocenters. The quantitative estimate of drug-likeness (QED) is 0.769. The second-order valence-corrected chi connectivity index (χ2v) is 6.29. The smallest absolute Gasteiger partial charge is 0.242 e. The molecule has 0 aliphatic carbocycles. The Balaban J connectivity index is 2.71. The fourth-order valence-corrected chi connectivity index (χ4v) is 2.95. The zero-order valence-corrected chi connectivity index (χ0v) is 12.6. The molecule has 2 N–H and O–H groups in total. The Bertz CT molecular complexity index is 471. The molecule has 0 aromatic carbocycles. The number of nitrogens with one attached hydrogen (secondary N) is 2. The van der Waals surface area contributed by atoms with E-state index < -0.39 is 10.0 Å². The van der Waals surface area contributed by atoms with E-state index in [1.807, 2.05) is 13.8 Å². The standard InChI is InChI=1S/C13H23N3O2S/c1-4-6-7-11(3)16-19(17,18)12-8-9-13(14-5-2)15-10-12/h8-11,16H,4-7H2,1-3H3,(H,14,15). The third-order valence-electron chi connectivity index (χ3n) is 2.75. The van der Waals surface area contributed by atoms with Gasteiger partial charge in [-0.25, -0.2) is 18.1 Å². The first-order chi connectivity index (χ1) is 8.99. The van der Waals surface area contributed by atoms with Crippen LogP contribution in [0.15, 0.2) is 23.2 Å². The van der Waals surface area contributed by atoms with Crippen molar-refractivity contribution in [3.8, 4) is 0 Å². The molecule has 0 bridgehead atoms. The first-order valence-corrected chi connectivity index (χ1v) is 8.20. The summed E-state index contributed by atoms with van der Waals surface area (Å²) in [7, 11) is -3.46. The molecule has 0 fully saturated rings. The second-order valence-electron chi connectivity index (χ2n) is 4.57. The van der Waals surface area contributed by atoms with Gasteiger partial charge in [0, 0.05) is 18.8 Å². The van der Waals surface area contributed by atoms with Crippen LogP contribution in [-0.4, -0.2) is 26.0 Å². The molecule has 1 aromatic rings. The molecule has 19 heavy (non-hydrogen) atoms. The minimum Gasteiger partial charge on any atom is -0.370 e. The number of anilines is 1. The highest BCUT2D eigenvalue weighted by atomic mass is 32.2. The van der Waals surface area contributed by atoms with E-state index in [1.165, 1.54) is 6.20 Å². The van der Waals surface area contributed by atoms with E-state index in [9.17, 15) is 8.42 Å².